The molecule has 0 saturated heterocycles. The topological polar surface area (TPSA) is 52.1 Å². The summed E-state index contributed by atoms with van der Waals surface area (Å²) in [5.74, 6) is -0.0418. The van der Waals surface area contributed by atoms with Crippen molar-refractivity contribution < 1.29 is 9.53 Å². The van der Waals surface area contributed by atoms with Crippen molar-refractivity contribution in [2.75, 3.05) is 6.61 Å². The lowest BCUT2D eigenvalue weighted by Gasteiger charge is -2.03. The van der Waals surface area contributed by atoms with Gasteiger partial charge in [0.2, 0.25) is 5.28 Å². The Hall–Kier alpha value is -1.42. The van der Waals surface area contributed by atoms with Crippen LogP contribution in [0.15, 0.2) is 18.5 Å². The van der Waals surface area contributed by atoms with Gasteiger partial charge in [-0.2, -0.15) is 0 Å². The molecule has 0 radical (unpaired) electrons. The van der Waals surface area contributed by atoms with E-state index >= 15 is 0 Å². The van der Waals surface area contributed by atoms with E-state index in [9.17, 15) is 4.79 Å². The molecule has 0 bridgehead atoms. The van der Waals surface area contributed by atoms with Crippen molar-refractivity contribution in [1.29, 1.82) is 0 Å². The van der Waals surface area contributed by atoms with Gasteiger partial charge in [-0.15, -0.1) is 0 Å². The van der Waals surface area contributed by atoms with Gasteiger partial charge in [-0.25, -0.2) is 14.8 Å². The van der Waals surface area contributed by atoms with Gasteiger partial charge in [0.25, 0.3) is 0 Å². The van der Waals surface area contributed by atoms with Gasteiger partial charge in [0, 0.05) is 24.0 Å². The first kappa shape index (κ1) is 12.6. The van der Waals surface area contributed by atoms with Gasteiger partial charge in [0.15, 0.2) is 0 Å². The third-order valence-corrected chi connectivity index (χ3v) is 1.81. The van der Waals surface area contributed by atoms with E-state index in [-0.39, 0.29) is 11.3 Å². The molecule has 86 valence electrons. The maximum absolute atomic E-state index is 11.2. The third-order valence-electron chi connectivity index (χ3n) is 1.61. The van der Waals surface area contributed by atoms with Crippen molar-refractivity contribution in [2.45, 2.75) is 13.8 Å². The summed E-state index contributed by atoms with van der Waals surface area (Å²) in [6, 6.07) is 0. The van der Waals surface area contributed by atoms with Crippen LogP contribution in [0.25, 0.3) is 6.08 Å². The van der Waals surface area contributed by atoms with E-state index in [1.54, 1.807) is 6.08 Å². The third kappa shape index (κ3) is 4.89. The molecule has 0 atom stereocenters. The lowest BCUT2D eigenvalue weighted by atomic mass is 10.2. The molecule has 0 aromatic carbocycles. The monoisotopic (exact) mass is 240 g/mol. The van der Waals surface area contributed by atoms with E-state index in [4.69, 9.17) is 16.3 Å². The number of aromatic nitrogens is 2. The molecule has 1 aromatic rings. The van der Waals surface area contributed by atoms with Crippen LogP contribution in [0.1, 0.15) is 19.4 Å². The summed E-state index contributed by atoms with van der Waals surface area (Å²) in [7, 11) is 0. The fourth-order valence-electron chi connectivity index (χ4n) is 0.870. The Bertz CT molecular complexity index is 374. The van der Waals surface area contributed by atoms with Crippen LogP contribution in [0.5, 0.6) is 0 Å². The average Bonchev–Trinajstić information content (AvgIpc) is 2.25. The number of ether oxygens (including phenoxy) is 1. The Morgan fingerprint density at radius 2 is 2.12 bits per heavy atom. The SMILES string of the molecule is CC(C)COC(=O)/C=C/c1cnc(Cl)nc1. The van der Waals surface area contributed by atoms with Crippen molar-refractivity contribution in [3.8, 4) is 0 Å². The summed E-state index contributed by atoms with van der Waals surface area (Å²) >= 11 is 5.52. The molecule has 1 heterocycles. The maximum Gasteiger partial charge on any atom is 0.330 e. The van der Waals surface area contributed by atoms with Crippen molar-refractivity contribution in [2.24, 2.45) is 5.92 Å². The molecule has 0 spiro atoms. The fraction of sp³-hybridized carbons (Fsp3) is 0.364. The van der Waals surface area contributed by atoms with Crippen LogP contribution < -0.4 is 0 Å². The molecule has 5 heteroatoms. The Balaban J connectivity index is 2.47. The van der Waals surface area contributed by atoms with Crippen molar-refractivity contribution in [3.63, 3.8) is 0 Å². The lowest BCUT2D eigenvalue weighted by molar-refractivity contribution is -0.138. The van der Waals surface area contributed by atoms with Gasteiger partial charge in [-0.1, -0.05) is 13.8 Å². The molecule has 0 amide bonds. The lowest BCUT2D eigenvalue weighted by Crippen LogP contribution is -2.06. The first-order chi connectivity index (χ1) is 7.58. The minimum atomic E-state index is -0.372. The Morgan fingerprint density at radius 3 is 2.69 bits per heavy atom. The fourth-order valence-corrected chi connectivity index (χ4v) is 0.967. The van der Waals surface area contributed by atoms with Crippen LogP contribution in [0.2, 0.25) is 5.28 Å². The highest BCUT2D eigenvalue weighted by Crippen LogP contribution is 2.03. The second kappa shape index (κ2) is 6.23. The Kier molecular flexibility index (Phi) is 4.92. The number of carbonyl (C=O) groups excluding carboxylic acids is 1. The number of hydrogen-bond donors (Lipinski definition) is 0. The van der Waals surface area contributed by atoms with Gasteiger partial charge in [-0.3, -0.25) is 0 Å². The minimum absolute atomic E-state index is 0.180. The number of esters is 1. The maximum atomic E-state index is 11.2. The summed E-state index contributed by atoms with van der Waals surface area (Å²) in [5, 5.41) is 0.180. The van der Waals surface area contributed by atoms with Crippen LogP contribution in [0.4, 0.5) is 0 Å². The molecule has 0 saturated carbocycles. The molecule has 0 fully saturated rings. The second-order valence-corrected chi connectivity index (χ2v) is 3.98. The molecule has 4 nitrogen and oxygen atoms in total. The molecule has 0 unspecified atom stereocenters. The van der Waals surface area contributed by atoms with Crippen molar-refractivity contribution in [3.05, 3.63) is 29.3 Å². The predicted molar refractivity (Wildman–Crippen MR) is 61.9 cm³/mol. The summed E-state index contributed by atoms with van der Waals surface area (Å²) in [5.41, 5.74) is 0.700. The minimum Gasteiger partial charge on any atom is -0.462 e. The molecule has 1 aromatic heterocycles. The second-order valence-electron chi connectivity index (χ2n) is 3.64. The highest BCUT2D eigenvalue weighted by atomic mass is 35.5. The molecule has 0 aliphatic rings. The molecule has 0 aliphatic heterocycles. The number of rotatable bonds is 4. The number of hydrogen-bond acceptors (Lipinski definition) is 4. The molecular weight excluding hydrogens is 228 g/mol. The van der Waals surface area contributed by atoms with Crippen molar-refractivity contribution >= 4 is 23.6 Å². The summed E-state index contributed by atoms with van der Waals surface area (Å²) in [6.45, 7) is 4.37. The zero-order valence-corrected chi connectivity index (χ0v) is 9.94. The number of nitrogens with zero attached hydrogens (tertiary/aromatic N) is 2. The molecule has 16 heavy (non-hydrogen) atoms. The molecule has 0 N–H and O–H groups in total. The highest BCUT2D eigenvalue weighted by Gasteiger charge is 1.99. The van der Waals surface area contributed by atoms with Crippen molar-refractivity contribution in [1.82, 2.24) is 9.97 Å². The summed E-state index contributed by atoms with van der Waals surface area (Å²) < 4.78 is 4.96. The van der Waals surface area contributed by atoms with E-state index in [2.05, 4.69) is 9.97 Å². The number of carbonyl (C=O) groups is 1. The highest BCUT2D eigenvalue weighted by molar-refractivity contribution is 6.28. The first-order valence-electron chi connectivity index (χ1n) is 4.90. The quantitative estimate of drug-likeness (QED) is 0.461. The van der Waals surface area contributed by atoms with Crippen LogP contribution in [-0.2, 0) is 9.53 Å². The smallest absolute Gasteiger partial charge is 0.330 e. The van der Waals surface area contributed by atoms with Gasteiger partial charge in [0.1, 0.15) is 0 Å². The molecular formula is C11H13ClN2O2. The number of halogens is 1. The van der Waals surface area contributed by atoms with E-state index < -0.39 is 0 Å². The van der Waals surface area contributed by atoms with E-state index in [0.717, 1.165) is 0 Å². The van der Waals surface area contributed by atoms with E-state index in [1.165, 1.54) is 18.5 Å². The van der Waals surface area contributed by atoms with E-state index in [0.29, 0.717) is 18.1 Å². The standard InChI is InChI=1S/C11H13ClN2O2/c1-8(2)7-16-10(15)4-3-9-5-13-11(12)14-6-9/h3-6,8H,7H2,1-2H3/b4-3+. The van der Waals surface area contributed by atoms with Gasteiger partial charge in [0.05, 0.1) is 6.61 Å². The summed E-state index contributed by atoms with van der Waals surface area (Å²) in [6.07, 6.45) is 5.98. The van der Waals surface area contributed by atoms with Crippen LogP contribution in [0, 0.1) is 5.92 Å². The Labute approximate surface area is 99.3 Å². The zero-order valence-electron chi connectivity index (χ0n) is 9.18. The van der Waals surface area contributed by atoms with Crippen LogP contribution in [0.3, 0.4) is 0 Å². The van der Waals surface area contributed by atoms with Crippen LogP contribution >= 0.6 is 11.6 Å². The molecule has 0 aliphatic carbocycles. The molecule has 1 rings (SSSR count). The van der Waals surface area contributed by atoms with E-state index in [1.807, 2.05) is 13.8 Å². The van der Waals surface area contributed by atoms with Gasteiger partial charge in [-0.05, 0) is 23.6 Å². The first-order valence-corrected chi connectivity index (χ1v) is 5.28. The average molecular weight is 241 g/mol. The predicted octanol–water partition coefficient (Wildman–Crippen LogP) is 2.34. The van der Waals surface area contributed by atoms with Crippen LogP contribution in [-0.4, -0.2) is 22.5 Å². The normalized spacial score (nSPS) is 11.0. The van der Waals surface area contributed by atoms with Gasteiger partial charge < -0.3 is 4.74 Å². The zero-order chi connectivity index (χ0) is 12.0. The largest absolute Gasteiger partial charge is 0.462 e. The Morgan fingerprint density at radius 1 is 1.50 bits per heavy atom. The summed E-state index contributed by atoms with van der Waals surface area (Å²) in [4.78, 5) is 18.8. The van der Waals surface area contributed by atoms with Gasteiger partial charge >= 0.3 is 5.97 Å².